The number of ether oxygens (including phenoxy) is 1. The fraction of sp³-hybridized carbons (Fsp3) is 0.833. The number of nitrogens with zero attached hydrogens (tertiary/aromatic N) is 1. The van der Waals surface area contributed by atoms with Crippen molar-refractivity contribution in [2.24, 2.45) is 0 Å². The SMILES string of the molecule is C=C(C)C1CCCN1C1CCOCC1. The van der Waals surface area contributed by atoms with E-state index in [1.54, 1.807) is 0 Å². The molecule has 0 N–H and O–H groups in total. The fourth-order valence-electron chi connectivity index (χ4n) is 2.77. The molecule has 80 valence electrons. The Hall–Kier alpha value is -0.340. The van der Waals surface area contributed by atoms with Crippen LogP contribution in [-0.2, 0) is 4.74 Å². The Morgan fingerprint density at radius 2 is 2.00 bits per heavy atom. The minimum Gasteiger partial charge on any atom is -0.381 e. The molecule has 0 amide bonds. The van der Waals surface area contributed by atoms with Gasteiger partial charge in [0.1, 0.15) is 0 Å². The van der Waals surface area contributed by atoms with Crippen LogP contribution in [0.3, 0.4) is 0 Å². The topological polar surface area (TPSA) is 12.5 Å². The lowest BCUT2D eigenvalue weighted by molar-refractivity contribution is 0.0338. The predicted molar refractivity (Wildman–Crippen MR) is 58.4 cm³/mol. The summed E-state index contributed by atoms with van der Waals surface area (Å²) in [7, 11) is 0. The first kappa shape index (κ1) is 10.2. The lowest BCUT2D eigenvalue weighted by Gasteiger charge is -2.35. The molecule has 1 atom stereocenters. The van der Waals surface area contributed by atoms with Crippen LogP contribution in [0.4, 0.5) is 0 Å². The summed E-state index contributed by atoms with van der Waals surface area (Å²) in [5.41, 5.74) is 1.34. The number of rotatable bonds is 2. The molecular formula is C12H21NO. The smallest absolute Gasteiger partial charge is 0.0480 e. The van der Waals surface area contributed by atoms with E-state index in [0.29, 0.717) is 6.04 Å². The normalized spacial score (nSPS) is 30.8. The van der Waals surface area contributed by atoms with E-state index in [-0.39, 0.29) is 0 Å². The van der Waals surface area contributed by atoms with Gasteiger partial charge in [-0.2, -0.15) is 0 Å². The van der Waals surface area contributed by atoms with Crippen molar-refractivity contribution in [2.45, 2.75) is 44.7 Å². The van der Waals surface area contributed by atoms with E-state index in [1.807, 2.05) is 0 Å². The van der Waals surface area contributed by atoms with E-state index >= 15 is 0 Å². The Morgan fingerprint density at radius 1 is 1.29 bits per heavy atom. The molecule has 0 spiro atoms. The molecule has 0 aliphatic carbocycles. The van der Waals surface area contributed by atoms with Crippen LogP contribution in [0.5, 0.6) is 0 Å². The van der Waals surface area contributed by atoms with Gasteiger partial charge in [-0.3, -0.25) is 4.90 Å². The zero-order chi connectivity index (χ0) is 9.97. The highest BCUT2D eigenvalue weighted by Gasteiger charge is 2.31. The van der Waals surface area contributed by atoms with Gasteiger partial charge < -0.3 is 4.74 Å². The second-order valence-corrected chi connectivity index (χ2v) is 4.59. The van der Waals surface area contributed by atoms with E-state index < -0.39 is 0 Å². The monoisotopic (exact) mass is 195 g/mol. The molecule has 14 heavy (non-hydrogen) atoms. The van der Waals surface area contributed by atoms with E-state index in [4.69, 9.17) is 4.74 Å². The van der Waals surface area contributed by atoms with Crippen LogP contribution in [0.15, 0.2) is 12.2 Å². The molecular weight excluding hydrogens is 174 g/mol. The molecule has 0 saturated carbocycles. The molecule has 0 aromatic rings. The van der Waals surface area contributed by atoms with Crippen molar-refractivity contribution in [3.05, 3.63) is 12.2 Å². The molecule has 0 aromatic heterocycles. The van der Waals surface area contributed by atoms with E-state index in [2.05, 4.69) is 18.4 Å². The van der Waals surface area contributed by atoms with Crippen molar-refractivity contribution in [1.29, 1.82) is 0 Å². The van der Waals surface area contributed by atoms with E-state index in [9.17, 15) is 0 Å². The van der Waals surface area contributed by atoms with Crippen molar-refractivity contribution >= 4 is 0 Å². The Kier molecular flexibility index (Phi) is 3.24. The Balaban J connectivity index is 1.97. The molecule has 2 heteroatoms. The molecule has 0 bridgehead atoms. The molecule has 1 unspecified atom stereocenters. The molecule has 2 aliphatic heterocycles. The van der Waals surface area contributed by atoms with Gasteiger partial charge in [0.15, 0.2) is 0 Å². The highest BCUT2D eigenvalue weighted by atomic mass is 16.5. The summed E-state index contributed by atoms with van der Waals surface area (Å²) >= 11 is 0. The second kappa shape index (κ2) is 4.45. The van der Waals surface area contributed by atoms with Gasteiger partial charge in [0.2, 0.25) is 0 Å². The maximum absolute atomic E-state index is 5.41. The Bertz CT molecular complexity index is 208. The summed E-state index contributed by atoms with van der Waals surface area (Å²) in [6, 6.07) is 1.41. The van der Waals surface area contributed by atoms with Gasteiger partial charge in [0, 0.05) is 25.3 Å². The van der Waals surface area contributed by atoms with Crippen molar-refractivity contribution in [3.8, 4) is 0 Å². The van der Waals surface area contributed by atoms with Gasteiger partial charge in [-0.15, -0.1) is 0 Å². The molecule has 0 radical (unpaired) electrons. The third kappa shape index (κ3) is 2.01. The highest BCUT2D eigenvalue weighted by molar-refractivity contribution is 5.06. The first-order chi connectivity index (χ1) is 6.79. The standard InChI is InChI=1S/C12H21NO/c1-10(2)12-4-3-7-13(12)11-5-8-14-9-6-11/h11-12H,1,3-9H2,2H3. The van der Waals surface area contributed by atoms with Crippen LogP contribution < -0.4 is 0 Å². The van der Waals surface area contributed by atoms with Gasteiger partial charge in [0.05, 0.1) is 0 Å². The molecule has 2 saturated heterocycles. The number of hydrogen-bond acceptors (Lipinski definition) is 2. The van der Waals surface area contributed by atoms with E-state index in [1.165, 1.54) is 37.8 Å². The minimum atomic E-state index is 0.651. The average molecular weight is 195 g/mol. The maximum Gasteiger partial charge on any atom is 0.0480 e. The largest absolute Gasteiger partial charge is 0.381 e. The summed E-state index contributed by atoms with van der Waals surface area (Å²) in [4.78, 5) is 2.66. The lowest BCUT2D eigenvalue weighted by atomic mass is 10.0. The quantitative estimate of drug-likeness (QED) is 0.626. The fourth-order valence-corrected chi connectivity index (χ4v) is 2.77. The summed E-state index contributed by atoms with van der Waals surface area (Å²) in [6.45, 7) is 9.44. The van der Waals surface area contributed by atoms with Gasteiger partial charge in [-0.25, -0.2) is 0 Å². The highest BCUT2D eigenvalue weighted by Crippen LogP contribution is 2.28. The summed E-state index contributed by atoms with van der Waals surface area (Å²) in [5.74, 6) is 0. The van der Waals surface area contributed by atoms with Crippen molar-refractivity contribution < 1.29 is 4.74 Å². The minimum absolute atomic E-state index is 0.651. The molecule has 2 fully saturated rings. The first-order valence-electron chi connectivity index (χ1n) is 5.78. The molecule has 2 heterocycles. The summed E-state index contributed by atoms with van der Waals surface area (Å²) < 4.78 is 5.41. The predicted octanol–water partition coefficient (Wildman–Crippen LogP) is 2.21. The van der Waals surface area contributed by atoms with Gasteiger partial charge in [-0.1, -0.05) is 12.2 Å². The lowest BCUT2D eigenvalue weighted by Crippen LogP contribution is -2.42. The summed E-state index contributed by atoms with van der Waals surface area (Å²) in [5, 5.41) is 0. The molecule has 0 aromatic carbocycles. The number of hydrogen-bond donors (Lipinski definition) is 0. The Labute approximate surface area is 86.9 Å². The van der Waals surface area contributed by atoms with Crippen molar-refractivity contribution in [1.82, 2.24) is 4.90 Å². The maximum atomic E-state index is 5.41. The van der Waals surface area contributed by atoms with Crippen molar-refractivity contribution in [3.63, 3.8) is 0 Å². The third-order valence-corrected chi connectivity index (χ3v) is 3.52. The van der Waals surface area contributed by atoms with Gasteiger partial charge >= 0.3 is 0 Å². The van der Waals surface area contributed by atoms with Crippen LogP contribution in [-0.4, -0.2) is 36.7 Å². The average Bonchev–Trinajstić information content (AvgIpc) is 2.67. The molecule has 2 aliphatic rings. The summed E-state index contributed by atoms with van der Waals surface area (Å²) in [6.07, 6.45) is 5.08. The zero-order valence-electron chi connectivity index (χ0n) is 9.17. The molecule has 2 rings (SSSR count). The van der Waals surface area contributed by atoms with Gasteiger partial charge in [0.25, 0.3) is 0 Å². The van der Waals surface area contributed by atoms with Crippen LogP contribution in [0.25, 0.3) is 0 Å². The molecule has 2 nitrogen and oxygen atoms in total. The van der Waals surface area contributed by atoms with E-state index in [0.717, 1.165) is 19.3 Å². The Morgan fingerprint density at radius 3 is 2.64 bits per heavy atom. The first-order valence-corrected chi connectivity index (χ1v) is 5.78. The zero-order valence-corrected chi connectivity index (χ0v) is 9.17. The van der Waals surface area contributed by atoms with Crippen LogP contribution in [0.2, 0.25) is 0 Å². The van der Waals surface area contributed by atoms with Crippen LogP contribution in [0, 0.1) is 0 Å². The van der Waals surface area contributed by atoms with Crippen molar-refractivity contribution in [2.75, 3.05) is 19.8 Å². The second-order valence-electron chi connectivity index (χ2n) is 4.59. The van der Waals surface area contributed by atoms with Crippen LogP contribution >= 0.6 is 0 Å². The van der Waals surface area contributed by atoms with Crippen LogP contribution in [0.1, 0.15) is 32.6 Å². The van der Waals surface area contributed by atoms with Gasteiger partial charge in [-0.05, 0) is 39.2 Å². The third-order valence-electron chi connectivity index (χ3n) is 3.52. The number of likely N-dealkylation sites (tertiary alicyclic amines) is 1.